The predicted octanol–water partition coefficient (Wildman–Crippen LogP) is 1.77. The Morgan fingerprint density at radius 3 is 3.25 bits per heavy atom. The Hall–Kier alpha value is -0.0900. The van der Waals surface area contributed by atoms with E-state index in [2.05, 4.69) is 11.9 Å². The van der Waals surface area contributed by atoms with Crippen molar-refractivity contribution in [3.8, 4) is 0 Å². The van der Waals surface area contributed by atoms with Gasteiger partial charge in [-0.05, 0) is 25.8 Å². The molecule has 16 heavy (non-hydrogen) atoms. The molecule has 2 aliphatic rings. The number of hydrogen-bond acceptors (Lipinski definition) is 3. The zero-order chi connectivity index (χ0) is 10.6. The van der Waals surface area contributed by atoms with Gasteiger partial charge < -0.3 is 14.8 Å². The number of hydrogen-bond donors (Lipinski definition) is 1. The van der Waals surface area contributed by atoms with Gasteiger partial charge in [0.2, 0.25) is 0 Å². The van der Waals surface area contributed by atoms with Crippen LogP contribution in [0.3, 0.4) is 0 Å². The van der Waals surface area contributed by atoms with Gasteiger partial charge in [0.25, 0.3) is 0 Å². The molecular weight excluding hydrogens is 226 g/mol. The fourth-order valence-corrected chi connectivity index (χ4v) is 2.71. The van der Waals surface area contributed by atoms with Crippen molar-refractivity contribution in [2.24, 2.45) is 5.41 Å². The van der Waals surface area contributed by atoms with Crippen molar-refractivity contribution in [2.75, 3.05) is 32.9 Å². The van der Waals surface area contributed by atoms with Crippen molar-refractivity contribution in [1.29, 1.82) is 0 Å². The van der Waals surface area contributed by atoms with Gasteiger partial charge in [-0.2, -0.15) is 0 Å². The van der Waals surface area contributed by atoms with E-state index in [-0.39, 0.29) is 17.8 Å². The number of rotatable bonds is 4. The first kappa shape index (κ1) is 14.0. The van der Waals surface area contributed by atoms with Crippen LogP contribution in [-0.2, 0) is 9.47 Å². The molecule has 0 aliphatic carbocycles. The Morgan fingerprint density at radius 2 is 2.44 bits per heavy atom. The van der Waals surface area contributed by atoms with Gasteiger partial charge in [-0.15, -0.1) is 19.0 Å². The molecule has 2 heterocycles. The lowest BCUT2D eigenvalue weighted by Crippen LogP contribution is -2.55. The molecule has 0 amide bonds. The van der Waals surface area contributed by atoms with Crippen molar-refractivity contribution in [2.45, 2.75) is 25.4 Å². The fourth-order valence-electron chi connectivity index (χ4n) is 2.71. The molecule has 94 valence electrons. The summed E-state index contributed by atoms with van der Waals surface area (Å²) >= 11 is 0. The lowest BCUT2D eigenvalue weighted by Gasteiger charge is -2.46. The SMILES string of the molecule is C=CCOCC12CCCOC1CCNC2.Cl. The topological polar surface area (TPSA) is 30.5 Å². The molecule has 2 atom stereocenters. The van der Waals surface area contributed by atoms with E-state index in [1.165, 1.54) is 6.42 Å². The normalized spacial score (nSPS) is 33.6. The van der Waals surface area contributed by atoms with Crippen molar-refractivity contribution in [3.63, 3.8) is 0 Å². The van der Waals surface area contributed by atoms with E-state index in [9.17, 15) is 0 Å². The predicted molar refractivity (Wildman–Crippen MR) is 67.2 cm³/mol. The van der Waals surface area contributed by atoms with Crippen LogP contribution in [0.4, 0.5) is 0 Å². The standard InChI is InChI=1S/C12H21NO2.ClH/c1-2-7-14-10-12-5-3-8-15-11(12)4-6-13-9-12;/h2,11,13H,1,3-10H2;1H. The summed E-state index contributed by atoms with van der Waals surface area (Å²) in [5.74, 6) is 0. The molecule has 0 saturated carbocycles. The summed E-state index contributed by atoms with van der Waals surface area (Å²) in [4.78, 5) is 0. The summed E-state index contributed by atoms with van der Waals surface area (Å²) < 4.78 is 11.5. The van der Waals surface area contributed by atoms with Crippen molar-refractivity contribution < 1.29 is 9.47 Å². The molecule has 2 saturated heterocycles. The van der Waals surface area contributed by atoms with E-state index in [4.69, 9.17) is 9.47 Å². The van der Waals surface area contributed by atoms with Gasteiger partial charge in [0.15, 0.2) is 0 Å². The first-order chi connectivity index (χ1) is 7.37. The largest absolute Gasteiger partial charge is 0.377 e. The number of ether oxygens (including phenoxy) is 2. The summed E-state index contributed by atoms with van der Waals surface area (Å²) in [6.07, 6.45) is 5.72. The molecule has 4 heteroatoms. The van der Waals surface area contributed by atoms with E-state index in [1.807, 2.05) is 6.08 Å². The minimum Gasteiger partial charge on any atom is -0.377 e. The number of nitrogens with one attached hydrogen (secondary N) is 1. The highest BCUT2D eigenvalue weighted by molar-refractivity contribution is 5.85. The first-order valence-corrected chi connectivity index (χ1v) is 5.88. The van der Waals surface area contributed by atoms with E-state index in [1.54, 1.807) is 0 Å². The highest BCUT2D eigenvalue weighted by Gasteiger charge is 2.43. The van der Waals surface area contributed by atoms with Crippen LogP contribution in [-0.4, -0.2) is 39.0 Å². The second-order valence-corrected chi connectivity index (χ2v) is 4.59. The van der Waals surface area contributed by atoms with Crippen LogP contribution in [0, 0.1) is 5.41 Å². The van der Waals surface area contributed by atoms with Crippen LogP contribution in [0.25, 0.3) is 0 Å². The minimum atomic E-state index is 0. The molecule has 3 nitrogen and oxygen atoms in total. The molecule has 0 bridgehead atoms. The molecule has 0 aromatic carbocycles. The molecule has 2 aliphatic heterocycles. The Labute approximate surface area is 104 Å². The monoisotopic (exact) mass is 247 g/mol. The Morgan fingerprint density at radius 1 is 1.56 bits per heavy atom. The van der Waals surface area contributed by atoms with Crippen LogP contribution >= 0.6 is 12.4 Å². The Kier molecular flexibility index (Phi) is 5.76. The number of halogens is 1. The summed E-state index contributed by atoms with van der Waals surface area (Å²) in [6, 6.07) is 0. The molecule has 0 aromatic heterocycles. The molecule has 2 unspecified atom stereocenters. The maximum absolute atomic E-state index is 5.87. The summed E-state index contributed by atoms with van der Waals surface area (Å²) in [6.45, 7) is 8.16. The first-order valence-electron chi connectivity index (χ1n) is 5.88. The highest BCUT2D eigenvalue weighted by Crippen LogP contribution is 2.37. The second kappa shape index (κ2) is 6.60. The summed E-state index contributed by atoms with van der Waals surface area (Å²) in [5.41, 5.74) is 0.222. The van der Waals surface area contributed by atoms with Crippen molar-refractivity contribution in [3.05, 3.63) is 12.7 Å². The zero-order valence-electron chi connectivity index (χ0n) is 9.74. The van der Waals surface area contributed by atoms with Gasteiger partial charge in [0.1, 0.15) is 0 Å². The Bertz CT molecular complexity index is 211. The third-order valence-corrected chi connectivity index (χ3v) is 3.51. The van der Waals surface area contributed by atoms with Gasteiger partial charge in [0, 0.05) is 18.6 Å². The smallest absolute Gasteiger partial charge is 0.0677 e. The van der Waals surface area contributed by atoms with Crippen LogP contribution in [0.2, 0.25) is 0 Å². The maximum Gasteiger partial charge on any atom is 0.0677 e. The molecule has 0 aromatic rings. The third-order valence-electron chi connectivity index (χ3n) is 3.51. The van der Waals surface area contributed by atoms with Gasteiger partial charge in [-0.3, -0.25) is 0 Å². The van der Waals surface area contributed by atoms with E-state index in [0.717, 1.165) is 39.1 Å². The van der Waals surface area contributed by atoms with Gasteiger partial charge >= 0.3 is 0 Å². The van der Waals surface area contributed by atoms with Crippen LogP contribution in [0.5, 0.6) is 0 Å². The molecule has 2 fully saturated rings. The number of piperidine rings is 1. The third kappa shape index (κ3) is 2.98. The fraction of sp³-hybridized carbons (Fsp3) is 0.833. The van der Waals surface area contributed by atoms with E-state index >= 15 is 0 Å². The van der Waals surface area contributed by atoms with Gasteiger partial charge in [-0.1, -0.05) is 6.08 Å². The molecular formula is C12H22ClNO2. The minimum absolute atomic E-state index is 0. The van der Waals surface area contributed by atoms with Gasteiger partial charge in [0.05, 0.1) is 19.3 Å². The molecule has 0 spiro atoms. The lowest BCUT2D eigenvalue weighted by molar-refractivity contribution is -0.128. The summed E-state index contributed by atoms with van der Waals surface area (Å²) in [7, 11) is 0. The second-order valence-electron chi connectivity index (χ2n) is 4.59. The van der Waals surface area contributed by atoms with E-state index in [0.29, 0.717) is 12.7 Å². The average Bonchev–Trinajstić information content (AvgIpc) is 2.29. The molecule has 0 radical (unpaired) electrons. The molecule has 2 rings (SSSR count). The van der Waals surface area contributed by atoms with Crippen LogP contribution in [0.15, 0.2) is 12.7 Å². The van der Waals surface area contributed by atoms with E-state index < -0.39 is 0 Å². The van der Waals surface area contributed by atoms with Crippen LogP contribution < -0.4 is 5.32 Å². The zero-order valence-corrected chi connectivity index (χ0v) is 10.6. The molecule has 1 N–H and O–H groups in total. The number of fused-ring (bicyclic) bond motifs is 1. The average molecular weight is 248 g/mol. The summed E-state index contributed by atoms with van der Waals surface area (Å²) in [5, 5.41) is 3.47. The Balaban J connectivity index is 0.00000128. The van der Waals surface area contributed by atoms with Crippen LogP contribution in [0.1, 0.15) is 19.3 Å². The van der Waals surface area contributed by atoms with Gasteiger partial charge in [-0.25, -0.2) is 0 Å². The van der Waals surface area contributed by atoms with Crippen molar-refractivity contribution >= 4 is 12.4 Å². The van der Waals surface area contributed by atoms with Crippen molar-refractivity contribution in [1.82, 2.24) is 5.32 Å². The highest BCUT2D eigenvalue weighted by atomic mass is 35.5. The maximum atomic E-state index is 5.87. The lowest BCUT2D eigenvalue weighted by atomic mass is 9.73. The quantitative estimate of drug-likeness (QED) is 0.607.